The third-order valence-corrected chi connectivity index (χ3v) is 9.57. The molecule has 4 aliphatic rings. The Bertz CT molecular complexity index is 1300. The number of ketones is 2. The highest BCUT2D eigenvalue weighted by atomic mass is 16.6. The fraction of sp³-hybridized carbons (Fsp3) is 0.700. The number of ether oxygens (including phenoxy) is 5. The third kappa shape index (κ3) is 4.82. The number of Topliss-reactive ketones (excluding diaryl/α,β-unsaturated/α-hetero) is 2. The average molecular weight is 591 g/mol. The van der Waals surface area contributed by atoms with Crippen LogP contribution in [0.4, 0.5) is 0 Å². The van der Waals surface area contributed by atoms with E-state index in [0.717, 1.165) is 20.8 Å². The second kappa shape index (κ2) is 10.6. The molecule has 4 rings (SSSR count). The van der Waals surface area contributed by atoms with Crippen LogP contribution in [-0.4, -0.2) is 72.4 Å². The van der Waals surface area contributed by atoms with E-state index in [2.05, 4.69) is 0 Å². The van der Waals surface area contributed by atoms with Crippen LogP contribution < -0.4 is 0 Å². The standard InChI is InChI=1S/C30H38O12/c1-13-11-30(13)26(37)20-21(22(36)27(30)42-18(6)35)28(7)10-9-19(39-15(3)32)29(8,12-38-14(2)31)25(28)24(41-17(5)34)23(20)40-16(4)33/h13,19,23-25,27H,9-12H2,1-8H3/t13-,19+,23-,24?,25?,27-,28+,29+,30+/m0/s1. The molecule has 12 nitrogen and oxygen atoms in total. The number of fused-ring (bicyclic) bond motifs is 2. The van der Waals surface area contributed by atoms with E-state index in [4.69, 9.17) is 23.7 Å². The van der Waals surface area contributed by atoms with Gasteiger partial charge in [-0.2, -0.15) is 0 Å². The maximum atomic E-state index is 14.5. The van der Waals surface area contributed by atoms with Crippen molar-refractivity contribution in [1.29, 1.82) is 0 Å². The van der Waals surface area contributed by atoms with Crippen LogP contribution in [0.1, 0.15) is 74.7 Å². The van der Waals surface area contributed by atoms with Crippen LogP contribution in [0.15, 0.2) is 11.1 Å². The number of esters is 5. The van der Waals surface area contributed by atoms with Gasteiger partial charge in [-0.3, -0.25) is 33.6 Å². The van der Waals surface area contributed by atoms with E-state index in [1.54, 1.807) is 20.8 Å². The third-order valence-electron chi connectivity index (χ3n) is 9.57. The summed E-state index contributed by atoms with van der Waals surface area (Å²) < 4.78 is 28.3. The van der Waals surface area contributed by atoms with Crippen LogP contribution in [0.3, 0.4) is 0 Å². The molecule has 12 heteroatoms. The first-order valence-corrected chi connectivity index (χ1v) is 14.1. The van der Waals surface area contributed by atoms with Gasteiger partial charge in [0.2, 0.25) is 5.78 Å². The van der Waals surface area contributed by atoms with Crippen molar-refractivity contribution in [2.75, 3.05) is 6.61 Å². The van der Waals surface area contributed by atoms with Crippen LogP contribution in [-0.2, 0) is 57.2 Å². The summed E-state index contributed by atoms with van der Waals surface area (Å²) in [5, 5.41) is 0. The van der Waals surface area contributed by atoms with E-state index in [1.807, 2.05) is 0 Å². The summed E-state index contributed by atoms with van der Waals surface area (Å²) in [7, 11) is 0. The van der Waals surface area contributed by atoms with E-state index >= 15 is 0 Å². The number of hydrogen-bond acceptors (Lipinski definition) is 12. The minimum atomic E-state index is -1.49. The Morgan fingerprint density at radius 2 is 1.36 bits per heavy atom. The number of carbonyl (C=O) groups excluding carboxylic acids is 7. The summed E-state index contributed by atoms with van der Waals surface area (Å²) in [4.78, 5) is 90.4. The number of rotatable bonds is 6. The van der Waals surface area contributed by atoms with Gasteiger partial charge in [-0.25, -0.2) is 0 Å². The molecule has 2 unspecified atom stereocenters. The molecule has 42 heavy (non-hydrogen) atoms. The molecule has 0 aromatic heterocycles. The first kappa shape index (κ1) is 31.4. The van der Waals surface area contributed by atoms with E-state index in [-0.39, 0.29) is 42.9 Å². The van der Waals surface area contributed by atoms with Gasteiger partial charge in [0.15, 0.2) is 18.0 Å². The van der Waals surface area contributed by atoms with E-state index in [0.29, 0.717) is 0 Å². The van der Waals surface area contributed by atoms with Gasteiger partial charge in [-0.15, -0.1) is 0 Å². The molecule has 0 amide bonds. The molecule has 0 radical (unpaired) electrons. The Morgan fingerprint density at radius 1 is 0.810 bits per heavy atom. The molecule has 230 valence electrons. The minimum absolute atomic E-state index is 0.0263. The van der Waals surface area contributed by atoms with Gasteiger partial charge in [-0.05, 0) is 25.2 Å². The normalized spacial score (nSPS) is 38.6. The van der Waals surface area contributed by atoms with Gasteiger partial charge in [0.1, 0.15) is 18.8 Å². The molecular weight excluding hydrogens is 552 g/mol. The van der Waals surface area contributed by atoms with Gasteiger partial charge >= 0.3 is 29.8 Å². The zero-order valence-electron chi connectivity index (χ0n) is 25.2. The fourth-order valence-electron chi connectivity index (χ4n) is 7.96. The highest BCUT2D eigenvalue weighted by Gasteiger charge is 2.75. The molecule has 1 spiro atoms. The van der Waals surface area contributed by atoms with Crippen molar-refractivity contribution >= 4 is 41.4 Å². The molecule has 0 N–H and O–H groups in total. The van der Waals surface area contributed by atoms with Gasteiger partial charge < -0.3 is 23.7 Å². The van der Waals surface area contributed by atoms with Crippen LogP contribution in [0.25, 0.3) is 0 Å². The molecule has 4 aliphatic carbocycles. The van der Waals surface area contributed by atoms with Crippen molar-refractivity contribution in [2.45, 2.75) is 99.1 Å². The monoisotopic (exact) mass is 590 g/mol. The predicted molar refractivity (Wildman–Crippen MR) is 141 cm³/mol. The maximum absolute atomic E-state index is 14.5. The largest absolute Gasteiger partial charge is 0.465 e. The molecule has 0 aliphatic heterocycles. The predicted octanol–water partition coefficient (Wildman–Crippen LogP) is 2.19. The van der Waals surface area contributed by atoms with E-state index in [1.165, 1.54) is 13.8 Å². The molecule has 0 saturated heterocycles. The van der Waals surface area contributed by atoms with Crippen molar-refractivity contribution in [3.05, 3.63) is 11.1 Å². The lowest BCUT2D eigenvalue weighted by molar-refractivity contribution is -0.218. The topological polar surface area (TPSA) is 166 Å². The summed E-state index contributed by atoms with van der Waals surface area (Å²) >= 11 is 0. The Morgan fingerprint density at radius 3 is 1.83 bits per heavy atom. The summed E-state index contributed by atoms with van der Waals surface area (Å²) in [6.45, 7) is 10.8. The zero-order chi connectivity index (χ0) is 31.5. The Hall–Kier alpha value is -3.57. The zero-order valence-corrected chi connectivity index (χ0v) is 25.2. The summed E-state index contributed by atoms with van der Waals surface area (Å²) in [5.74, 6) is -5.83. The maximum Gasteiger partial charge on any atom is 0.303 e. The lowest BCUT2D eigenvalue weighted by atomic mass is 9.45. The Kier molecular flexibility index (Phi) is 7.92. The van der Waals surface area contributed by atoms with Crippen LogP contribution >= 0.6 is 0 Å². The molecule has 0 bridgehead atoms. The highest BCUT2D eigenvalue weighted by Crippen LogP contribution is 2.67. The Labute approximate surface area is 243 Å². The first-order valence-electron chi connectivity index (χ1n) is 14.1. The van der Waals surface area contributed by atoms with Gasteiger partial charge in [-0.1, -0.05) is 20.8 Å². The molecule has 0 aromatic rings. The summed E-state index contributed by atoms with van der Waals surface area (Å²) in [5.41, 5.74) is -3.92. The molecule has 0 heterocycles. The van der Waals surface area contributed by atoms with Crippen molar-refractivity contribution in [1.82, 2.24) is 0 Å². The summed E-state index contributed by atoms with van der Waals surface area (Å²) in [6, 6.07) is 0. The van der Waals surface area contributed by atoms with E-state index in [9.17, 15) is 33.6 Å². The lowest BCUT2D eigenvalue weighted by Crippen LogP contribution is -2.68. The number of carbonyl (C=O) groups is 7. The van der Waals surface area contributed by atoms with E-state index < -0.39 is 88.0 Å². The summed E-state index contributed by atoms with van der Waals surface area (Å²) in [6.07, 6.45) is -4.40. The fourth-order valence-corrected chi connectivity index (χ4v) is 7.96. The Balaban J connectivity index is 2.04. The van der Waals surface area contributed by atoms with Gasteiger partial charge in [0.05, 0.1) is 5.41 Å². The molecule has 2 fully saturated rings. The van der Waals surface area contributed by atoms with Gasteiger partial charge in [0.25, 0.3) is 0 Å². The van der Waals surface area contributed by atoms with Crippen LogP contribution in [0, 0.1) is 28.1 Å². The van der Waals surface area contributed by atoms with Crippen molar-refractivity contribution < 1.29 is 57.2 Å². The van der Waals surface area contributed by atoms with Crippen molar-refractivity contribution in [2.24, 2.45) is 28.1 Å². The van der Waals surface area contributed by atoms with Crippen molar-refractivity contribution in [3.63, 3.8) is 0 Å². The average Bonchev–Trinajstić information content (AvgIpc) is 3.53. The lowest BCUT2D eigenvalue weighted by Gasteiger charge is -2.61. The van der Waals surface area contributed by atoms with Gasteiger partial charge in [0, 0.05) is 62.5 Å². The second-order valence-electron chi connectivity index (χ2n) is 12.5. The number of hydrogen-bond donors (Lipinski definition) is 0. The van der Waals surface area contributed by atoms with Crippen LogP contribution in [0.2, 0.25) is 0 Å². The second-order valence-corrected chi connectivity index (χ2v) is 12.5. The molecule has 9 atom stereocenters. The SMILES string of the molecule is CC(=O)OC[C@@]1(C)C2C(OC(C)=O)[C@@H](OC(C)=O)C3=C(C(=O)[C@H](OC(C)=O)[C@@]4(C[C@@H]4C)C3=O)[C@@]2(C)CC[C@H]1OC(C)=O. The molecule has 0 aromatic carbocycles. The molecular formula is C30H38O12. The quantitative estimate of drug-likeness (QED) is 0.327. The first-order chi connectivity index (χ1) is 19.4. The van der Waals surface area contributed by atoms with Crippen LogP contribution in [0.5, 0.6) is 0 Å². The smallest absolute Gasteiger partial charge is 0.303 e. The molecule has 2 saturated carbocycles. The minimum Gasteiger partial charge on any atom is -0.465 e. The highest BCUT2D eigenvalue weighted by molar-refractivity contribution is 6.20. The van der Waals surface area contributed by atoms with Crippen molar-refractivity contribution in [3.8, 4) is 0 Å².